The maximum absolute atomic E-state index is 4.34. The molecule has 1 atom stereocenters. The summed E-state index contributed by atoms with van der Waals surface area (Å²) in [6.07, 6.45) is 6.13. The third kappa shape index (κ3) is 2.52. The quantitative estimate of drug-likeness (QED) is 0.603. The minimum Gasteiger partial charge on any atom is -0.277 e. The number of aromatic nitrogens is 8. The Balaban J connectivity index is 1.64. The predicted molar refractivity (Wildman–Crippen MR) is 90.3 cm³/mol. The molecular weight excluding hydrogens is 324 g/mol. The fourth-order valence-corrected chi connectivity index (χ4v) is 3.58. The molecule has 1 N–H and O–H groups in total. The van der Waals surface area contributed by atoms with Crippen LogP contribution >= 0.6 is 11.3 Å². The maximum Gasteiger partial charge on any atom is 0.151 e. The lowest BCUT2D eigenvalue weighted by molar-refractivity contribution is 0.452. The standard InChI is InChI=1S/C15H16N8S/c1-3-12(15-16-9-18-22(15)2)23-8-11(20-21-23)14-5-4-13(24-14)10-6-7-17-19-10/h4-9,12H,3H2,1-2H3,(H,17,19)/t12-/m0/s1. The molecule has 0 unspecified atom stereocenters. The molecular formula is C15H16N8S. The number of nitrogens with zero attached hydrogens (tertiary/aromatic N) is 7. The Bertz CT molecular complexity index is 932. The van der Waals surface area contributed by atoms with E-state index in [1.807, 2.05) is 24.0 Å². The lowest BCUT2D eigenvalue weighted by atomic mass is 10.2. The van der Waals surface area contributed by atoms with Crippen LogP contribution in [-0.4, -0.2) is 40.0 Å². The van der Waals surface area contributed by atoms with Crippen LogP contribution in [0.5, 0.6) is 0 Å². The van der Waals surface area contributed by atoms with Gasteiger partial charge in [0, 0.05) is 13.2 Å². The highest BCUT2D eigenvalue weighted by Crippen LogP contribution is 2.32. The van der Waals surface area contributed by atoms with Crippen molar-refractivity contribution in [2.24, 2.45) is 7.05 Å². The average molecular weight is 340 g/mol. The summed E-state index contributed by atoms with van der Waals surface area (Å²) in [5.41, 5.74) is 1.86. The number of rotatable bonds is 5. The maximum atomic E-state index is 4.34. The first-order valence-corrected chi connectivity index (χ1v) is 8.43. The number of aryl methyl sites for hydroxylation is 1. The molecule has 0 radical (unpaired) electrons. The summed E-state index contributed by atoms with van der Waals surface area (Å²) in [7, 11) is 1.89. The first kappa shape index (κ1) is 14.8. The Kier molecular flexibility index (Phi) is 3.69. The van der Waals surface area contributed by atoms with Crippen LogP contribution in [0.25, 0.3) is 21.1 Å². The van der Waals surface area contributed by atoms with Gasteiger partial charge in [0.2, 0.25) is 0 Å². The van der Waals surface area contributed by atoms with E-state index in [4.69, 9.17) is 0 Å². The van der Waals surface area contributed by atoms with Gasteiger partial charge in [-0.1, -0.05) is 12.1 Å². The van der Waals surface area contributed by atoms with E-state index in [1.54, 1.807) is 28.5 Å². The summed E-state index contributed by atoms with van der Waals surface area (Å²) in [4.78, 5) is 6.53. The molecule has 24 heavy (non-hydrogen) atoms. The van der Waals surface area contributed by atoms with Crippen molar-refractivity contribution in [3.8, 4) is 21.1 Å². The molecule has 4 heterocycles. The molecule has 0 aromatic carbocycles. The largest absolute Gasteiger partial charge is 0.277 e. The Morgan fingerprint density at radius 3 is 2.83 bits per heavy atom. The number of H-pyrrole nitrogens is 1. The van der Waals surface area contributed by atoms with Crippen molar-refractivity contribution in [2.45, 2.75) is 19.4 Å². The second-order valence-electron chi connectivity index (χ2n) is 5.38. The molecule has 0 fully saturated rings. The van der Waals surface area contributed by atoms with Crippen LogP contribution in [0.1, 0.15) is 25.2 Å². The van der Waals surface area contributed by atoms with Gasteiger partial charge >= 0.3 is 0 Å². The molecule has 4 aromatic heterocycles. The van der Waals surface area contributed by atoms with E-state index < -0.39 is 0 Å². The lowest BCUT2D eigenvalue weighted by Gasteiger charge is -2.13. The van der Waals surface area contributed by atoms with Gasteiger partial charge in [0.05, 0.1) is 21.6 Å². The number of thiophene rings is 1. The zero-order valence-electron chi connectivity index (χ0n) is 13.3. The van der Waals surface area contributed by atoms with E-state index in [0.29, 0.717) is 0 Å². The number of aromatic amines is 1. The molecule has 0 saturated carbocycles. The van der Waals surface area contributed by atoms with Crippen molar-refractivity contribution in [1.29, 1.82) is 0 Å². The first-order chi connectivity index (χ1) is 11.8. The molecule has 0 saturated heterocycles. The van der Waals surface area contributed by atoms with Crippen molar-refractivity contribution >= 4 is 11.3 Å². The minimum atomic E-state index is 0.0192. The highest BCUT2D eigenvalue weighted by Gasteiger charge is 2.19. The molecule has 4 aromatic rings. The average Bonchev–Trinajstić information content (AvgIpc) is 3.36. The topological polar surface area (TPSA) is 90.1 Å². The zero-order valence-corrected chi connectivity index (χ0v) is 14.1. The second-order valence-corrected chi connectivity index (χ2v) is 6.47. The second kappa shape index (κ2) is 6.00. The molecule has 0 aliphatic carbocycles. The normalized spacial score (nSPS) is 12.6. The molecule has 8 nitrogen and oxygen atoms in total. The molecule has 0 aliphatic heterocycles. The van der Waals surface area contributed by atoms with Crippen LogP contribution in [-0.2, 0) is 7.05 Å². The van der Waals surface area contributed by atoms with Crippen LogP contribution in [0.2, 0.25) is 0 Å². The minimum absolute atomic E-state index is 0.0192. The van der Waals surface area contributed by atoms with E-state index in [9.17, 15) is 0 Å². The number of nitrogens with one attached hydrogen (secondary N) is 1. The Labute approximate surface area is 142 Å². The van der Waals surface area contributed by atoms with Crippen molar-refractivity contribution < 1.29 is 0 Å². The van der Waals surface area contributed by atoms with Gasteiger partial charge in [0.25, 0.3) is 0 Å². The summed E-state index contributed by atoms with van der Waals surface area (Å²) in [5.74, 6) is 0.873. The van der Waals surface area contributed by atoms with Crippen LogP contribution in [0.4, 0.5) is 0 Å². The smallest absolute Gasteiger partial charge is 0.151 e. The van der Waals surface area contributed by atoms with E-state index in [0.717, 1.165) is 33.4 Å². The van der Waals surface area contributed by atoms with E-state index in [2.05, 4.69) is 49.6 Å². The van der Waals surface area contributed by atoms with Crippen LogP contribution in [0, 0.1) is 0 Å². The fraction of sp³-hybridized carbons (Fsp3) is 0.267. The summed E-state index contributed by atoms with van der Waals surface area (Å²) in [6, 6.07) is 6.09. The molecule has 9 heteroatoms. The summed E-state index contributed by atoms with van der Waals surface area (Å²) < 4.78 is 3.63. The summed E-state index contributed by atoms with van der Waals surface area (Å²) in [6.45, 7) is 2.10. The van der Waals surface area contributed by atoms with Crippen LogP contribution < -0.4 is 0 Å². The van der Waals surface area contributed by atoms with Crippen molar-refractivity contribution in [3.63, 3.8) is 0 Å². The Hall–Kier alpha value is -2.81. The predicted octanol–water partition coefficient (Wildman–Crippen LogP) is 2.52. The first-order valence-electron chi connectivity index (χ1n) is 7.62. The Morgan fingerprint density at radius 2 is 2.12 bits per heavy atom. The van der Waals surface area contributed by atoms with Gasteiger partial charge < -0.3 is 0 Å². The van der Waals surface area contributed by atoms with Gasteiger partial charge in [-0.05, 0) is 24.6 Å². The fourth-order valence-electron chi connectivity index (χ4n) is 2.65. The highest BCUT2D eigenvalue weighted by atomic mass is 32.1. The molecule has 0 aliphatic rings. The van der Waals surface area contributed by atoms with Gasteiger partial charge in [-0.25, -0.2) is 9.67 Å². The van der Waals surface area contributed by atoms with Crippen LogP contribution in [0.15, 0.2) is 36.9 Å². The van der Waals surface area contributed by atoms with Gasteiger partial charge in [0.15, 0.2) is 5.82 Å². The van der Waals surface area contributed by atoms with Gasteiger partial charge in [0.1, 0.15) is 18.1 Å². The van der Waals surface area contributed by atoms with Crippen molar-refractivity contribution in [2.75, 3.05) is 0 Å². The summed E-state index contributed by atoms with van der Waals surface area (Å²) in [5, 5.41) is 19.7. The monoisotopic (exact) mass is 340 g/mol. The zero-order chi connectivity index (χ0) is 16.5. The summed E-state index contributed by atoms with van der Waals surface area (Å²) >= 11 is 1.66. The van der Waals surface area contributed by atoms with Crippen molar-refractivity contribution in [3.05, 3.63) is 42.7 Å². The van der Waals surface area contributed by atoms with Crippen molar-refractivity contribution in [1.82, 2.24) is 40.0 Å². The van der Waals surface area contributed by atoms with Gasteiger partial charge in [-0.3, -0.25) is 9.78 Å². The van der Waals surface area contributed by atoms with Crippen LogP contribution in [0.3, 0.4) is 0 Å². The molecule has 0 spiro atoms. The van der Waals surface area contributed by atoms with Gasteiger partial charge in [-0.15, -0.1) is 16.4 Å². The molecule has 4 rings (SSSR count). The van der Waals surface area contributed by atoms with E-state index in [1.165, 1.54) is 0 Å². The Morgan fingerprint density at radius 1 is 1.25 bits per heavy atom. The third-order valence-electron chi connectivity index (χ3n) is 3.89. The SMILES string of the molecule is CC[C@@H](c1ncnn1C)n1cc(-c2ccc(-c3ccn[nH]3)s2)nn1. The van der Waals surface area contributed by atoms with E-state index >= 15 is 0 Å². The van der Waals surface area contributed by atoms with Gasteiger partial charge in [-0.2, -0.15) is 10.2 Å². The number of hydrogen-bond acceptors (Lipinski definition) is 6. The van der Waals surface area contributed by atoms with E-state index in [-0.39, 0.29) is 6.04 Å². The molecule has 122 valence electrons. The molecule has 0 amide bonds. The number of hydrogen-bond donors (Lipinski definition) is 1. The molecule has 0 bridgehead atoms. The lowest BCUT2D eigenvalue weighted by Crippen LogP contribution is -2.15. The highest BCUT2D eigenvalue weighted by molar-refractivity contribution is 7.18. The third-order valence-corrected chi connectivity index (χ3v) is 5.03.